The predicted molar refractivity (Wildman–Crippen MR) is 150 cm³/mol. The van der Waals surface area contributed by atoms with Crippen molar-refractivity contribution in [2.75, 3.05) is 19.6 Å². The molecule has 0 aliphatic carbocycles. The number of rotatable bonds is 15. The third kappa shape index (κ3) is 9.68. The second kappa shape index (κ2) is 15.7. The number of carbonyl (C=O) groups excluding carboxylic acids is 3. The normalized spacial score (nSPS) is 12.4. The lowest BCUT2D eigenvalue weighted by Crippen LogP contribution is -2.46. The summed E-state index contributed by atoms with van der Waals surface area (Å²) in [4.78, 5) is 40.5. The van der Waals surface area contributed by atoms with Crippen LogP contribution in [0, 0.1) is 18.6 Å². The van der Waals surface area contributed by atoms with Crippen LogP contribution < -0.4 is 10.6 Å². The molecule has 11 nitrogen and oxygen atoms in total. The molecule has 2 atom stereocenters. The standard InChI is InChI=1S/C29H37F2N7O4/c1-4-8-37(9-5-2)29(42)22-11-19(3)10-21(15-22)28(41)34-25(14-20-12-23(30)16-24(31)13-20)26(39)6-7-32-27(40)17-38-18-33-35-36-38/h10-13,15-16,18,25-26,39H,4-9,14,17H2,1-3H3,(H,32,40)(H,34,41)/t25-,26+/m0/s1. The molecule has 0 fully saturated rings. The zero-order valence-electron chi connectivity index (χ0n) is 24.0. The largest absolute Gasteiger partial charge is 0.391 e. The maximum atomic E-state index is 13.9. The van der Waals surface area contributed by atoms with Gasteiger partial charge in [-0.2, -0.15) is 0 Å². The van der Waals surface area contributed by atoms with Crippen LogP contribution in [0.5, 0.6) is 0 Å². The monoisotopic (exact) mass is 585 g/mol. The van der Waals surface area contributed by atoms with Gasteiger partial charge in [-0.25, -0.2) is 13.5 Å². The van der Waals surface area contributed by atoms with Gasteiger partial charge in [-0.05, 0) is 84.5 Å². The molecule has 2 aromatic carbocycles. The number of aliphatic hydroxyl groups excluding tert-OH is 1. The molecule has 1 aromatic heterocycles. The van der Waals surface area contributed by atoms with E-state index >= 15 is 0 Å². The second-order valence-corrected chi connectivity index (χ2v) is 10.2. The van der Waals surface area contributed by atoms with Crippen molar-refractivity contribution in [2.45, 2.75) is 65.1 Å². The van der Waals surface area contributed by atoms with Gasteiger partial charge in [-0.1, -0.05) is 13.8 Å². The van der Waals surface area contributed by atoms with E-state index in [4.69, 9.17) is 0 Å². The Morgan fingerprint density at radius 3 is 2.29 bits per heavy atom. The van der Waals surface area contributed by atoms with E-state index in [0.717, 1.165) is 31.0 Å². The number of amides is 3. The number of carbonyl (C=O) groups is 3. The van der Waals surface area contributed by atoms with Crippen LogP contribution >= 0.6 is 0 Å². The number of nitrogens with one attached hydrogen (secondary N) is 2. The van der Waals surface area contributed by atoms with Gasteiger partial charge < -0.3 is 20.6 Å². The van der Waals surface area contributed by atoms with Crippen molar-refractivity contribution < 1.29 is 28.3 Å². The number of tetrazole rings is 1. The fourth-order valence-electron chi connectivity index (χ4n) is 4.61. The lowest BCUT2D eigenvalue weighted by Gasteiger charge is -2.25. The summed E-state index contributed by atoms with van der Waals surface area (Å²) < 4.78 is 29.0. The molecular formula is C29H37F2N7O4. The highest BCUT2D eigenvalue weighted by atomic mass is 19.1. The van der Waals surface area contributed by atoms with Crippen molar-refractivity contribution in [2.24, 2.45) is 0 Å². The molecule has 3 aromatic rings. The predicted octanol–water partition coefficient (Wildman–Crippen LogP) is 2.43. The van der Waals surface area contributed by atoms with Gasteiger partial charge in [0, 0.05) is 36.8 Å². The third-order valence-corrected chi connectivity index (χ3v) is 6.48. The van der Waals surface area contributed by atoms with Crippen LogP contribution in [0.1, 0.15) is 65.0 Å². The van der Waals surface area contributed by atoms with Crippen molar-refractivity contribution in [1.29, 1.82) is 0 Å². The minimum absolute atomic E-state index is 0.0324. The zero-order valence-corrected chi connectivity index (χ0v) is 24.0. The molecule has 1 heterocycles. The van der Waals surface area contributed by atoms with Gasteiger partial charge in [0.05, 0.1) is 12.1 Å². The Labute approximate surface area is 243 Å². The molecule has 3 rings (SSSR count). The van der Waals surface area contributed by atoms with Crippen LogP contribution in [0.3, 0.4) is 0 Å². The molecule has 0 aliphatic rings. The first-order valence-corrected chi connectivity index (χ1v) is 13.9. The average molecular weight is 586 g/mol. The van der Waals surface area contributed by atoms with Crippen molar-refractivity contribution in [3.05, 3.63) is 76.6 Å². The molecule has 3 N–H and O–H groups in total. The smallest absolute Gasteiger partial charge is 0.253 e. The van der Waals surface area contributed by atoms with Crippen LogP contribution in [0.15, 0.2) is 42.7 Å². The lowest BCUT2D eigenvalue weighted by atomic mass is 9.97. The molecule has 13 heteroatoms. The minimum Gasteiger partial charge on any atom is -0.391 e. The second-order valence-electron chi connectivity index (χ2n) is 10.2. The van der Waals surface area contributed by atoms with E-state index in [1.54, 1.807) is 24.0 Å². The van der Waals surface area contributed by atoms with Gasteiger partial charge in [0.2, 0.25) is 5.91 Å². The average Bonchev–Trinajstić information content (AvgIpc) is 3.44. The first-order chi connectivity index (χ1) is 20.1. The highest BCUT2D eigenvalue weighted by Gasteiger charge is 2.24. The number of aromatic nitrogens is 4. The fraction of sp³-hybridized carbons (Fsp3) is 0.448. The maximum Gasteiger partial charge on any atom is 0.253 e. The summed E-state index contributed by atoms with van der Waals surface area (Å²) in [5.41, 5.74) is 1.52. The van der Waals surface area contributed by atoms with Crippen molar-refractivity contribution in [1.82, 2.24) is 35.7 Å². The molecule has 0 saturated carbocycles. The molecular weight excluding hydrogens is 548 g/mol. The van der Waals surface area contributed by atoms with Gasteiger partial charge in [-0.15, -0.1) is 5.10 Å². The maximum absolute atomic E-state index is 13.9. The fourth-order valence-corrected chi connectivity index (χ4v) is 4.61. The summed E-state index contributed by atoms with van der Waals surface area (Å²) in [6.07, 6.45) is 1.63. The minimum atomic E-state index is -1.19. The highest BCUT2D eigenvalue weighted by molar-refractivity contribution is 6.00. The Kier molecular flexibility index (Phi) is 12.0. The van der Waals surface area contributed by atoms with Crippen molar-refractivity contribution in [3.63, 3.8) is 0 Å². The first kappa shape index (κ1) is 32.3. The summed E-state index contributed by atoms with van der Waals surface area (Å²) in [7, 11) is 0. The van der Waals surface area contributed by atoms with Crippen LogP contribution in [-0.4, -0.2) is 79.7 Å². The van der Waals surface area contributed by atoms with E-state index in [9.17, 15) is 28.3 Å². The Hall–Kier alpha value is -4.26. The molecule has 3 amide bonds. The number of aryl methyl sites for hydroxylation is 1. The van der Waals surface area contributed by atoms with E-state index in [1.165, 1.54) is 17.1 Å². The zero-order chi connectivity index (χ0) is 30.6. The number of benzene rings is 2. The molecule has 0 bridgehead atoms. The molecule has 0 saturated heterocycles. The van der Waals surface area contributed by atoms with Crippen LogP contribution in [-0.2, 0) is 17.8 Å². The van der Waals surface area contributed by atoms with Crippen LogP contribution in [0.25, 0.3) is 0 Å². The van der Waals surface area contributed by atoms with E-state index < -0.39 is 29.7 Å². The Morgan fingerprint density at radius 2 is 1.67 bits per heavy atom. The van der Waals surface area contributed by atoms with Crippen LogP contribution in [0.2, 0.25) is 0 Å². The Morgan fingerprint density at radius 1 is 1.00 bits per heavy atom. The SMILES string of the molecule is CCCN(CCC)C(=O)c1cc(C)cc(C(=O)N[C@@H](Cc2cc(F)cc(F)c2)[C@H](O)CCNC(=O)Cn2cnnn2)c1. The van der Waals surface area contributed by atoms with E-state index in [1.807, 2.05) is 13.8 Å². The summed E-state index contributed by atoms with van der Waals surface area (Å²) in [6, 6.07) is 6.88. The topological polar surface area (TPSA) is 142 Å². The number of nitrogens with zero attached hydrogens (tertiary/aromatic N) is 5. The van der Waals surface area contributed by atoms with Gasteiger partial charge in [0.15, 0.2) is 0 Å². The summed E-state index contributed by atoms with van der Waals surface area (Å²) in [6.45, 7) is 6.87. The van der Waals surface area contributed by atoms with E-state index in [2.05, 4.69) is 26.2 Å². The van der Waals surface area contributed by atoms with Gasteiger partial charge >= 0.3 is 0 Å². The molecule has 42 heavy (non-hydrogen) atoms. The van der Waals surface area contributed by atoms with E-state index in [0.29, 0.717) is 24.2 Å². The van der Waals surface area contributed by atoms with Crippen molar-refractivity contribution in [3.8, 4) is 0 Å². The van der Waals surface area contributed by atoms with Gasteiger partial charge in [-0.3, -0.25) is 14.4 Å². The van der Waals surface area contributed by atoms with E-state index in [-0.39, 0.29) is 48.9 Å². The quantitative estimate of drug-likeness (QED) is 0.249. The van der Waals surface area contributed by atoms with Crippen molar-refractivity contribution >= 4 is 17.7 Å². The summed E-state index contributed by atoms with van der Waals surface area (Å²) >= 11 is 0. The molecule has 226 valence electrons. The number of aliphatic hydroxyl groups is 1. The summed E-state index contributed by atoms with van der Waals surface area (Å²) in [5.74, 6) is -2.70. The molecule has 0 spiro atoms. The number of hydrogen-bond donors (Lipinski definition) is 3. The van der Waals surface area contributed by atoms with Gasteiger partial charge in [0.25, 0.3) is 11.8 Å². The molecule has 0 unspecified atom stereocenters. The number of halogens is 2. The summed E-state index contributed by atoms with van der Waals surface area (Å²) in [5, 5.41) is 26.9. The molecule has 0 radical (unpaired) electrons. The highest BCUT2D eigenvalue weighted by Crippen LogP contribution is 2.16. The Balaban J connectivity index is 1.76. The third-order valence-electron chi connectivity index (χ3n) is 6.48. The molecule has 0 aliphatic heterocycles. The van der Waals surface area contributed by atoms with Crippen LogP contribution in [0.4, 0.5) is 8.78 Å². The van der Waals surface area contributed by atoms with Gasteiger partial charge in [0.1, 0.15) is 24.5 Å². The Bertz CT molecular complexity index is 1330. The first-order valence-electron chi connectivity index (χ1n) is 13.9. The number of hydrogen-bond acceptors (Lipinski definition) is 7. The lowest BCUT2D eigenvalue weighted by molar-refractivity contribution is -0.121.